The number of halogens is 1. The highest BCUT2D eigenvalue weighted by Crippen LogP contribution is 2.45. The number of Topliss-reactive ketones (excluding diaryl/α,β-unsaturated/α-hetero) is 1. The minimum atomic E-state index is -1.02. The molecular weight excluding hydrogens is 448 g/mol. The molecule has 8 nitrogen and oxygen atoms in total. The fourth-order valence-electron chi connectivity index (χ4n) is 3.98. The number of benzene rings is 2. The van der Waals surface area contributed by atoms with E-state index in [9.17, 15) is 19.8 Å². The monoisotopic (exact) mass is 464 g/mol. The average Bonchev–Trinajstić information content (AvgIpc) is 3.10. The van der Waals surface area contributed by atoms with Crippen LogP contribution in [0.25, 0.3) is 5.76 Å². The number of aliphatic hydroxyl groups excluding tert-OH is 1. The predicted molar refractivity (Wildman–Crippen MR) is 120 cm³/mol. The largest absolute Gasteiger partial charge is 0.507 e. The lowest BCUT2D eigenvalue weighted by atomic mass is 9.95. The Morgan fingerprint density at radius 3 is 2.48 bits per heavy atom. The summed E-state index contributed by atoms with van der Waals surface area (Å²) in [5, 5.41) is 21.9. The molecule has 0 bridgehead atoms. The lowest BCUT2D eigenvalue weighted by molar-refractivity contribution is -0.132. The van der Waals surface area contributed by atoms with Gasteiger partial charge < -0.3 is 19.7 Å². The first-order chi connectivity index (χ1) is 16.0. The van der Waals surface area contributed by atoms with Gasteiger partial charge >= 0.3 is 0 Å². The van der Waals surface area contributed by atoms with E-state index < -0.39 is 17.7 Å². The molecule has 0 radical (unpaired) electrons. The van der Waals surface area contributed by atoms with Crippen LogP contribution in [0.15, 0.2) is 66.5 Å². The van der Waals surface area contributed by atoms with Crippen molar-refractivity contribution >= 4 is 34.7 Å². The Hall–Kier alpha value is -4.04. The molecule has 5 rings (SSSR count). The summed E-state index contributed by atoms with van der Waals surface area (Å²) in [5.74, 6) is -1.48. The third-order valence-corrected chi connectivity index (χ3v) is 5.71. The van der Waals surface area contributed by atoms with Crippen molar-refractivity contribution in [3.05, 3.63) is 82.6 Å². The second-order valence-electron chi connectivity index (χ2n) is 7.44. The van der Waals surface area contributed by atoms with Crippen LogP contribution in [0, 0.1) is 0 Å². The Morgan fingerprint density at radius 1 is 1.00 bits per heavy atom. The zero-order valence-electron chi connectivity index (χ0n) is 17.1. The van der Waals surface area contributed by atoms with Gasteiger partial charge in [-0.3, -0.25) is 19.5 Å². The van der Waals surface area contributed by atoms with E-state index >= 15 is 0 Å². The number of anilines is 1. The van der Waals surface area contributed by atoms with Gasteiger partial charge in [0.15, 0.2) is 11.5 Å². The van der Waals surface area contributed by atoms with Gasteiger partial charge in [0.25, 0.3) is 11.7 Å². The summed E-state index contributed by atoms with van der Waals surface area (Å²) in [7, 11) is 0. The maximum absolute atomic E-state index is 13.2. The van der Waals surface area contributed by atoms with E-state index in [0.29, 0.717) is 30.3 Å². The van der Waals surface area contributed by atoms with Crippen LogP contribution >= 0.6 is 11.6 Å². The lowest BCUT2D eigenvalue weighted by Gasteiger charge is -2.26. The van der Waals surface area contributed by atoms with Gasteiger partial charge in [0.05, 0.1) is 17.3 Å². The summed E-state index contributed by atoms with van der Waals surface area (Å²) in [4.78, 5) is 31.4. The highest BCUT2D eigenvalue weighted by atomic mass is 35.5. The predicted octanol–water partition coefficient (Wildman–Crippen LogP) is 3.84. The van der Waals surface area contributed by atoms with E-state index in [1.165, 1.54) is 30.6 Å². The van der Waals surface area contributed by atoms with Crippen molar-refractivity contribution < 1.29 is 29.3 Å². The number of carbonyl (C=O) groups is 2. The van der Waals surface area contributed by atoms with Crippen molar-refractivity contribution in [3.63, 3.8) is 0 Å². The van der Waals surface area contributed by atoms with Crippen molar-refractivity contribution in [1.29, 1.82) is 0 Å². The van der Waals surface area contributed by atoms with Crippen LogP contribution in [0.1, 0.15) is 17.2 Å². The number of hydrogen-bond acceptors (Lipinski definition) is 7. The number of pyridine rings is 1. The number of phenolic OH excluding ortho intramolecular Hbond substituents is 1. The molecule has 0 spiro atoms. The van der Waals surface area contributed by atoms with Crippen LogP contribution in [-0.2, 0) is 9.59 Å². The minimum Gasteiger partial charge on any atom is -0.507 e. The molecule has 3 heterocycles. The molecule has 166 valence electrons. The topological polar surface area (TPSA) is 109 Å². The molecule has 1 atom stereocenters. The molecule has 1 saturated heterocycles. The Labute approximate surface area is 193 Å². The lowest BCUT2D eigenvalue weighted by Crippen LogP contribution is -2.29. The van der Waals surface area contributed by atoms with Crippen LogP contribution in [0.4, 0.5) is 5.69 Å². The molecule has 1 unspecified atom stereocenters. The molecule has 1 fully saturated rings. The Bertz CT molecular complexity index is 1310. The van der Waals surface area contributed by atoms with Crippen molar-refractivity contribution in [2.45, 2.75) is 6.04 Å². The van der Waals surface area contributed by atoms with E-state index in [0.717, 1.165) is 4.90 Å². The molecule has 33 heavy (non-hydrogen) atoms. The first-order valence-corrected chi connectivity index (χ1v) is 10.4. The third kappa shape index (κ3) is 3.54. The zero-order valence-corrected chi connectivity index (χ0v) is 17.8. The van der Waals surface area contributed by atoms with Crippen molar-refractivity contribution in [1.82, 2.24) is 4.98 Å². The highest BCUT2D eigenvalue weighted by molar-refractivity contribution is 6.52. The summed E-state index contributed by atoms with van der Waals surface area (Å²) in [5.41, 5.74) is 0.712. The molecule has 3 aromatic rings. The fraction of sp³-hybridized carbons (Fsp3) is 0.125. The number of rotatable bonds is 3. The fourth-order valence-corrected chi connectivity index (χ4v) is 4.14. The number of aromatic hydroxyl groups is 1. The van der Waals surface area contributed by atoms with Crippen LogP contribution in [0.5, 0.6) is 17.2 Å². The number of aliphatic hydroxyl groups is 1. The molecule has 2 N–H and O–H groups in total. The van der Waals surface area contributed by atoms with Crippen molar-refractivity contribution in [3.8, 4) is 17.2 Å². The van der Waals surface area contributed by atoms with Crippen LogP contribution < -0.4 is 14.4 Å². The number of hydrogen-bond donors (Lipinski definition) is 2. The summed E-state index contributed by atoms with van der Waals surface area (Å²) in [6.45, 7) is 0.765. The Morgan fingerprint density at radius 2 is 1.73 bits per heavy atom. The van der Waals surface area contributed by atoms with Crippen molar-refractivity contribution in [2.24, 2.45) is 0 Å². The maximum Gasteiger partial charge on any atom is 0.300 e. The number of amides is 1. The maximum atomic E-state index is 13.2. The summed E-state index contributed by atoms with van der Waals surface area (Å²) in [6.07, 6.45) is 3.02. The number of phenols is 1. The van der Waals surface area contributed by atoms with Gasteiger partial charge in [-0.05, 0) is 54.1 Å². The number of ether oxygens (including phenoxy) is 2. The molecule has 2 aromatic carbocycles. The molecule has 9 heteroatoms. The average molecular weight is 465 g/mol. The van der Waals surface area contributed by atoms with Crippen LogP contribution in [0.2, 0.25) is 5.02 Å². The van der Waals surface area contributed by atoms with E-state index in [1.807, 2.05) is 0 Å². The van der Waals surface area contributed by atoms with Crippen LogP contribution in [0.3, 0.4) is 0 Å². The molecule has 1 amide bonds. The first-order valence-electron chi connectivity index (χ1n) is 10.0. The third-order valence-electron chi connectivity index (χ3n) is 5.48. The molecule has 1 aromatic heterocycles. The summed E-state index contributed by atoms with van der Waals surface area (Å²) in [6, 6.07) is 11.2. The van der Waals surface area contributed by atoms with Gasteiger partial charge in [-0.25, -0.2) is 0 Å². The summed E-state index contributed by atoms with van der Waals surface area (Å²) < 4.78 is 11.1. The van der Waals surface area contributed by atoms with E-state index in [1.54, 1.807) is 30.3 Å². The molecular formula is C24H17ClN2O6. The minimum absolute atomic E-state index is 0.0487. The van der Waals surface area contributed by atoms with Crippen LogP contribution in [-0.4, -0.2) is 40.1 Å². The number of ketones is 1. The molecule has 2 aliphatic rings. The van der Waals surface area contributed by atoms with Gasteiger partial charge in [0.2, 0.25) is 0 Å². The summed E-state index contributed by atoms with van der Waals surface area (Å²) >= 11 is 6.10. The first kappa shape index (κ1) is 20.8. The quantitative estimate of drug-likeness (QED) is 0.344. The van der Waals surface area contributed by atoms with Gasteiger partial charge in [0, 0.05) is 23.0 Å². The normalized spacial score (nSPS) is 19.1. The number of aromatic nitrogens is 1. The second-order valence-corrected chi connectivity index (χ2v) is 7.88. The molecule has 2 aliphatic heterocycles. The number of carbonyl (C=O) groups excluding carboxylic acids is 2. The van der Waals surface area contributed by atoms with E-state index in [-0.39, 0.29) is 33.4 Å². The Kier molecular flexibility index (Phi) is 5.14. The molecule has 0 aliphatic carbocycles. The second kappa shape index (κ2) is 8.14. The highest BCUT2D eigenvalue weighted by Gasteiger charge is 2.47. The smallest absolute Gasteiger partial charge is 0.300 e. The van der Waals surface area contributed by atoms with E-state index in [2.05, 4.69) is 4.98 Å². The van der Waals surface area contributed by atoms with Gasteiger partial charge in [-0.15, -0.1) is 0 Å². The standard InChI is InChI=1S/C24H17ClN2O6/c25-15-2-3-17(28)16(12-15)27-21(13-5-7-26-8-6-13)20(23(30)24(27)31)22(29)14-1-4-18-19(11-14)33-10-9-32-18/h1-8,11-12,21,28-29H,9-10H2/b22-20-. The van der Waals surface area contributed by atoms with Gasteiger partial charge in [-0.2, -0.15) is 0 Å². The SMILES string of the molecule is O=C1C(=O)N(c2cc(Cl)ccc2O)C(c2ccncc2)/C1=C(/O)c1ccc2c(c1)OCCO2. The Balaban J connectivity index is 1.71. The van der Waals surface area contributed by atoms with Crippen molar-refractivity contribution in [2.75, 3.05) is 18.1 Å². The number of nitrogens with zero attached hydrogens (tertiary/aromatic N) is 2. The zero-order chi connectivity index (χ0) is 23.1. The molecule has 0 saturated carbocycles. The van der Waals surface area contributed by atoms with Gasteiger partial charge in [0.1, 0.15) is 24.7 Å². The van der Waals surface area contributed by atoms with Gasteiger partial charge in [-0.1, -0.05) is 11.6 Å². The van der Waals surface area contributed by atoms with E-state index in [4.69, 9.17) is 21.1 Å². The number of fused-ring (bicyclic) bond motifs is 1.